The highest BCUT2D eigenvalue weighted by atomic mass is 35.5. The van der Waals surface area contributed by atoms with Crippen molar-refractivity contribution in [1.82, 2.24) is 10.0 Å². The lowest BCUT2D eigenvalue weighted by Crippen LogP contribution is -2.25. The van der Waals surface area contributed by atoms with Crippen LogP contribution in [0.1, 0.15) is 37.7 Å². The van der Waals surface area contributed by atoms with Gasteiger partial charge in [-0.1, -0.05) is 30.5 Å². The van der Waals surface area contributed by atoms with Crippen LogP contribution in [0.25, 0.3) is 0 Å². The lowest BCUT2D eigenvalue weighted by Gasteiger charge is -2.10. The van der Waals surface area contributed by atoms with Crippen molar-refractivity contribution < 1.29 is 8.42 Å². The van der Waals surface area contributed by atoms with Crippen LogP contribution < -0.4 is 10.0 Å². The van der Waals surface area contributed by atoms with Gasteiger partial charge in [-0.2, -0.15) is 0 Å². The van der Waals surface area contributed by atoms with Gasteiger partial charge in [0.25, 0.3) is 0 Å². The molecule has 1 aromatic carbocycles. The van der Waals surface area contributed by atoms with Crippen LogP contribution in [0.15, 0.2) is 23.1 Å². The topological polar surface area (TPSA) is 58.2 Å². The highest BCUT2D eigenvalue weighted by Crippen LogP contribution is 2.32. The number of rotatable bonds is 8. The molecule has 2 fully saturated rings. The SMILES string of the molecule is O=S(=O)(NCCC1CC1)c1cc(CNC2CC2)ccc1Cl. The zero-order valence-electron chi connectivity index (χ0n) is 11.9. The number of sulfonamides is 1. The van der Waals surface area contributed by atoms with Crippen LogP contribution in [-0.2, 0) is 16.6 Å². The molecule has 2 aliphatic carbocycles. The summed E-state index contributed by atoms with van der Waals surface area (Å²) < 4.78 is 27.3. The van der Waals surface area contributed by atoms with Gasteiger partial charge in [-0.05, 0) is 42.9 Å². The molecule has 4 nitrogen and oxygen atoms in total. The minimum Gasteiger partial charge on any atom is -0.310 e. The summed E-state index contributed by atoms with van der Waals surface area (Å²) in [5, 5.41) is 3.66. The van der Waals surface area contributed by atoms with E-state index in [9.17, 15) is 8.42 Å². The van der Waals surface area contributed by atoms with Crippen LogP contribution in [0.2, 0.25) is 5.02 Å². The third-order valence-electron chi connectivity index (χ3n) is 4.00. The van der Waals surface area contributed by atoms with E-state index in [0.717, 1.165) is 12.0 Å². The van der Waals surface area contributed by atoms with Crippen LogP contribution in [0.5, 0.6) is 0 Å². The van der Waals surface area contributed by atoms with E-state index in [1.807, 2.05) is 6.07 Å². The zero-order chi connectivity index (χ0) is 14.9. The molecule has 116 valence electrons. The predicted octanol–water partition coefficient (Wildman–Crippen LogP) is 2.67. The van der Waals surface area contributed by atoms with Crippen molar-refractivity contribution in [3.63, 3.8) is 0 Å². The molecule has 0 heterocycles. The fraction of sp³-hybridized carbons (Fsp3) is 0.600. The molecule has 6 heteroatoms. The van der Waals surface area contributed by atoms with Crippen molar-refractivity contribution in [2.24, 2.45) is 5.92 Å². The second kappa shape index (κ2) is 6.24. The molecule has 0 bridgehead atoms. The lowest BCUT2D eigenvalue weighted by atomic mass is 10.2. The molecule has 0 saturated heterocycles. The van der Waals surface area contributed by atoms with Crippen LogP contribution in [0.4, 0.5) is 0 Å². The molecule has 2 N–H and O–H groups in total. The summed E-state index contributed by atoms with van der Waals surface area (Å²) in [6.45, 7) is 1.18. The Morgan fingerprint density at radius 2 is 1.95 bits per heavy atom. The molecule has 0 spiro atoms. The maximum Gasteiger partial charge on any atom is 0.242 e. The summed E-state index contributed by atoms with van der Waals surface area (Å²) in [6, 6.07) is 5.82. The number of hydrogen-bond acceptors (Lipinski definition) is 3. The summed E-state index contributed by atoms with van der Waals surface area (Å²) in [5.41, 5.74) is 0.953. The van der Waals surface area contributed by atoms with Gasteiger partial charge in [-0.3, -0.25) is 0 Å². The molecule has 0 aromatic heterocycles. The van der Waals surface area contributed by atoms with E-state index in [1.54, 1.807) is 12.1 Å². The minimum atomic E-state index is -3.51. The second-order valence-corrected chi connectivity index (χ2v) is 8.19. The van der Waals surface area contributed by atoms with Gasteiger partial charge in [0.05, 0.1) is 5.02 Å². The summed E-state index contributed by atoms with van der Waals surface area (Å²) in [4.78, 5) is 0.190. The third kappa shape index (κ3) is 4.42. The summed E-state index contributed by atoms with van der Waals surface area (Å²) in [5.74, 6) is 0.706. The van der Waals surface area contributed by atoms with E-state index in [0.29, 0.717) is 25.0 Å². The van der Waals surface area contributed by atoms with E-state index in [-0.39, 0.29) is 9.92 Å². The van der Waals surface area contributed by atoms with Crippen molar-refractivity contribution in [3.8, 4) is 0 Å². The van der Waals surface area contributed by atoms with Gasteiger partial charge in [0.2, 0.25) is 10.0 Å². The first-order chi connectivity index (χ1) is 10.0. The van der Waals surface area contributed by atoms with Crippen molar-refractivity contribution in [1.29, 1.82) is 0 Å². The molecule has 1 aromatic rings. The Kier molecular flexibility index (Phi) is 4.54. The van der Waals surface area contributed by atoms with E-state index < -0.39 is 10.0 Å². The number of halogens is 1. The fourth-order valence-electron chi connectivity index (χ4n) is 2.30. The molecule has 0 amide bonds. The Morgan fingerprint density at radius 3 is 2.62 bits per heavy atom. The Labute approximate surface area is 131 Å². The Balaban J connectivity index is 1.66. The normalized spacial score (nSPS) is 18.9. The third-order valence-corrected chi connectivity index (χ3v) is 5.94. The second-order valence-electron chi connectivity index (χ2n) is 6.05. The van der Waals surface area contributed by atoms with Gasteiger partial charge >= 0.3 is 0 Å². The molecule has 2 aliphatic rings. The standard InChI is InChI=1S/C15H21ClN2O2S/c16-14-6-3-12(10-17-13-4-5-13)9-15(14)21(19,20)18-8-7-11-1-2-11/h3,6,9,11,13,17-18H,1-2,4-5,7-8,10H2. The summed E-state index contributed by atoms with van der Waals surface area (Å²) in [7, 11) is -3.51. The smallest absolute Gasteiger partial charge is 0.242 e. The first-order valence-electron chi connectivity index (χ1n) is 7.56. The molecule has 0 unspecified atom stereocenters. The first kappa shape index (κ1) is 15.3. The first-order valence-corrected chi connectivity index (χ1v) is 9.42. The Hall–Kier alpha value is -0.620. The van der Waals surface area contributed by atoms with Crippen LogP contribution in [0.3, 0.4) is 0 Å². The molecule has 0 radical (unpaired) electrons. The maximum absolute atomic E-state index is 12.3. The van der Waals surface area contributed by atoms with E-state index >= 15 is 0 Å². The van der Waals surface area contributed by atoms with Crippen molar-refractivity contribution in [2.75, 3.05) is 6.54 Å². The van der Waals surface area contributed by atoms with Gasteiger partial charge in [-0.15, -0.1) is 0 Å². The van der Waals surface area contributed by atoms with E-state index in [2.05, 4.69) is 10.0 Å². The summed E-state index contributed by atoms with van der Waals surface area (Å²) >= 11 is 6.07. The quantitative estimate of drug-likeness (QED) is 0.771. The molecule has 0 aliphatic heterocycles. The zero-order valence-corrected chi connectivity index (χ0v) is 13.5. The van der Waals surface area contributed by atoms with E-state index in [1.165, 1.54) is 25.7 Å². The van der Waals surface area contributed by atoms with Gasteiger partial charge in [0, 0.05) is 19.1 Å². The average Bonchev–Trinajstić information content (AvgIpc) is 3.32. The molecular weight excluding hydrogens is 308 g/mol. The predicted molar refractivity (Wildman–Crippen MR) is 83.8 cm³/mol. The van der Waals surface area contributed by atoms with Crippen molar-refractivity contribution in [2.45, 2.75) is 49.6 Å². The molecule has 0 atom stereocenters. The van der Waals surface area contributed by atoms with Crippen molar-refractivity contribution in [3.05, 3.63) is 28.8 Å². The monoisotopic (exact) mass is 328 g/mol. The minimum absolute atomic E-state index is 0.190. The number of benzene rings is 1. The Bertz CT molecular complexity index is 610. The van der Waals surface area contributed by atoms with Gasteiger partial charge < -0.3 is 5.32 Å². The fourth-order valence-corrected chi connectivity index (χ4v) is 3.89. The van der Waals surface area contributed by atoms with E-state index in [4.69, 9.17) is 11.6 Å². The van der Waals surface area contributed by atoms with Crippen LogP contribution in [0, 0.1) is 5.92 Å². The summed E-state index contributed by atoms with van der Waals surface area (Å²) in [6.07, 6.45) is 5.79. The van der Waals surface area contributed by atoms with Gasteiger partial charge in [0.15, 0.2) is 0 Å². The van der Waals surface area contributed by atoms with Crippen LogP contribution >= 0.6 is 11.6 Å². The van der Waals surface area contributed by atoms with Crippen molar-refractivity contribution >= 4 is 21.6 Å². The largest absolute Gasteiger partial charge is 0.310 e. The average molecular weight is 329 g/mol. The molecule has 3 rings (SSSR count). The highest BCUT2D eigenvalue weighted by molar-refractivity contribution is 7.89. The number of hydrogen-bond donors (Lipinski definition) is 2. The van der Waals surface area contributed by atoms with Gasteiger partial charge in [-0.25, -0.2) is 13.1 Å². The molecule has 2 saturated carbocycles. The Morgan fingerprint density at radius 1 is 1.19 bits per heavy atom. The maximum atomic E-state index is 12.3. The molecule has 21 heavy (non-hydrogen) atoms. The van der Waals surface area contributed by atoms with Gasteiger partial charge in [0.1, 0.15) is 4.90 Å². The lowest BCUT2D eigenvalue weighted by molar-refractivity contribution is 0.575. The molecular formula is C15H21ClN2O2S. The number of nitrogens with one attached hydrogen (secondary N) is 2. The van der Waals surface area contributed by atoms with Crippen LogP contribution in [-0.4, -0.2) is 21.0 Å². The highest BCUT2D eigenvalue weighted by Gasteiger charge is 2.24.